The molecule has 0 spiro atoms. The average Bonchev–Trinajstić information content (AvgIpc) is 2.92. The van der Waals surface area contributed by atoms with Crippen LogP contribution in [0.4, 0.5) is 0 Å². The van der Waals surface area contributed by atoms with Crippen molar-refractivity contribution in [2.24, 2.45) is 0 Å². The van der Waals surface area contributed by atoms with Crippen LogP contribution in [0, 0.1) is 18.3 Å². The average molecular weight is 285 g/mol. The summed E-state index contributed by atoms with van der Waals surface area (Å²) in [5.74, 6) is 0.658. The Kier molecular flexibility index (Phi) is 2.67. The predicted octanol–water partition coefficient (Wildman–Crippen LogP) is 4.22. The molecular formula is C18H11N3O. The lowest BCUT2D eigenvalue weighted by atomic mass is 10.0. The Hall–Kier alpha value is -3.19. The summed E-state index contributed by atoms with van der Waals surface area (Å²) in [5, 5.41) is 10.8. The van der Waals surface area contributed by atoms with Crippen molar-refractivity contribution >= 4 is 22.1 Å². The molecule has 104 valence electrons. The Labute approximate surface area is 126 Å². The molecule has 0 aliphatic carbocycles. The number of aryl methyl sites for hydroxylation is 1. The third kappa shape index (κ3) is 1.84. The zero-order valence-corrected chi connectivity index (χ0v) is 11.9. The number of nitrogens with zero attached hydrogens (tertiary/aromatic N) is 3. The van der Waals surface area contributed by atoms with Crippen molar-refractivity contribution in [2.75, 3.05) is 0 Å². The van der Waals surface area contributed by atoms with Gasteiger partial charge in [0.1, 0.15) is 11.4 Å². The van der Waals surface area contributed by atoms with Crippen LogP contribution in [-0.4, -0.2) is 9.97 Å². The molecule has 4 heteroatoms. The normalized spacial score (nSPS) is 10.9. The van der Waals surface area contributed by atoms with Crippen molar-refractivity contribution in [3.8, 4) is 17.3 Å². The number of hydrogen-bond acceptors (Lipinski definition) is 4. The molecule has 0 fully saturated rings. The van der Waals surface area contributed by atoms with Crippen LogP contribution in [0.5, 0.6) is 0 Å². The smallest absolute Gasteiger partial charge is 0.231 e. The van der Waals surface area contributed by atoms with Crippen molar-refractivity contribution in [3.63, 3.8) is 0 Å². The summed E-state index contributed by atoms with van der Waals surface area (Å²) in [4.78, 5) is 9.00. The molecule has 0 radical (unpaired) electrons. The SMILES string of the molecule is Cc1nc(-c2ccc(C#N)cc2)c2c(n1)oc1ccccc12. The van der Waals surface area contributed by atoms with Gasteiger partial charge >= 0.3 is 0 Å². The summed E-state index contributed by atoms with van der Waals surface area (Å²) in [6, 6.07) is 17.4. The van der Waals surface area contributed by atoms with Crippen LogP contribution in [0.3, 0.4) is 0 Å². The van der Waals surface area contributed by atoms with Crippen molar-refractivity contribution in [3.05, 3.63) is 59.9 Å². The third-order valence-electron chi connectivity index (χ3n) is 3.64. The molecule has 4 nitrogen and oxygen atoms in total. The molecule has 2 aromatic heterocycles. The molecule has 0 saturated heterocycles. The van der Waals surface area contributed by atoms with E-state index in [4.69, 9.17) is 9.68 Å². The minimum atomic E-state index is 0.591. The summed E-state index contributed by atoms with van der Waals surface area (Å²) in [5.41, 5.74) is 3.79. The fourth-order valence-electron chi connectivity index (χ4n) is 2.64. The maximum Gasteiger partial charge on any atom is 0.231 e. The van der Waals surface area contributed by atoms with Gasteiger partial charge in [0.2, 0.25) is 5.71 Å². The molecule has 0 bridgehead atoms. The van der Waals surface area contributed by atoms with Crippen LogP contribution in [0.1, 0.15) is 11.4 Å². The molecule has 4 aromatic rings. The highest BCUT2D eigenvalue weighted by atomic mass is 16.3. The number of nitriles is 1. The molecule has 4 rings (SSSR count). The first kappa shape index (κ1) is 12.5. The monoisotopic (exact) mass is 285 g/mol. The molecule has 0 amide bonds. The lowest BCUT2D eigenvalue weighted by molar-refractivity contribution is 0.651. The van der Waals surface area contributed by atoms with Gasteiger partial charge in [0, 0.05) is 10.9 Å². The van der Waals surface area contributed by atoms with Crippen LogP contribution in [0.2, 0.25) is 0 Å². The van der Waals surface area contributed by atoms with Crippen molar-refractivity contribution in [2.45, 2.75) is 6.92 Å². The number of para-hydroxylation sites is 1. The Balaban J connectivity index is 2.09. The van der Waals surface area contributed by atoms with Crippen molar-refractivity contribution < 1.29 is 4.42 Å². The lowest BCUT2D eigenvalue weighted by Gasteiger charge is -2.04. The zero-order valence-electron chi connectivity index (χ0n) is 11.9. The van der Waals surface area contributed by atoms with E-state index in [9.17, 15) is 0 Å². The summed E-state index contributed by atoms with van der Waals surface area (Å²) >= 11 is 0. The van der Waals surface area contributed by atoms with E-state index >= 15 is 0 Å². The minimum absolute atomic E-state index is 0.591. The maximum absolute atomic E-state index is 8.93. The Morgan fingerprint density at radius 2 is 1.77 bits per heavy atom. The first-order valence-corrected chi connectivity index (χ1v) is 6.92. The van der Waals surface area contributed by atoms with E-state index in [1.807, 2.05) is 43.3 Å². The standard InChI is InChI=1S/C18H11N3O/c1-11-20-17(13-8-6-12(10-19)7-9-13)16-14-4-2-3-5-15(14)22-18(16)21-11/h2-9H,1H3. The number of rotatable bonds is 1. The second-order valence-electron chi connectivity index (χ2n) is 5.09. The lowest BCUT2D eigenvalue weighted by Crippen LogP contribution is -1.92. The number of hydrogen-bond donors (Lipinski definition) is 0. The molecule has 0 saturated carbocycles. The number of benzene rings is 2. The summed E-state index contributed by atoms with van der Waals surface area (Å²) in [6.45, 7) is 1.85. The number of fused-ring (bicyclic) bond motifs is 3. The summed E-state index contributed by atoms with van der Waals surface area (Å²) in [6.07, 6.45) is 0. The van der Waals surface area contributed by atoms with Crippen molar-refractivity contribution in [1.29, 1.82) is 5.26 Å². The number of furan rings is 1. The predicted molar refractivity (Wildman–Crippen MR) is 84.2 cm³/mol. The van der Waals surface area contributed by atoms with E-state index in [0.29, 0.717) is 17.1 Å². The van der Waals surface area contributed by atoms with Gasteiger partial charge in [0.05, 0.1) is 22.7 Å². The van der Waals surface area contributed by atoms with Gasteiger partial charge in [-0.2, -0.15) is 10.2 Å². The fraction of sp³-hybridized carbons (Fsp3) is 0.0556. The topological polar surface area (TPSA) is 62.7 Å². The van der Waals surface area contributed by atoms with Crippen LogP contribution in [0.25, 0.3) is 33.3 Å². The van der Waals surface area contributed by atoms with Crippen LogP contribution >= 0.6 is 0 Å². The highest BCUT2D eigenvalue weighted by Crippen LogP contribution is 2.34. The fourth-order valence-corrected chi connectivity index (χ4v) is 2.64. The molecule has 2 heterocycles. The Morgan fingerprint density at radius 1 is 1.00 bits per heavy atom. The van der Waals surface area contributed by atoms with E-state index < -0.39 is 0 Å². The first-order chi connectivity index (χ1) is 10.8. The van der Waals surface area contributed by atoms with Crippen LogP contribution in [-0.2, 0) is 0 Å². The molecule has 0 aliphatic heterocycles. The van der Waals surface area contributed by atoms with E-state index in [1.165, 1.54) is 0 Å². The molecular weight excluding hydrogens is 274 g/mol. The van der Waals surface area contributed by atoms with E-state index in [0.717, 1.165) is 27.6 Å². The van der Waals surface area contributed by atoms with Gasteiger partial charge in [-0.05, 0) is 25.1 Å². The minimum Gasteiger partial charge on any atom is -0.438 e. The van der Waals surface area contributed by atoms with E-state index in [1.54, 1.807) is 12.1 Å². The van der Waals surface area contributed by atoms with E-state index in [-0.39, 0.29) is 0 Å². The highest BCUT2D eigenvalue weighted by Gasteiger charge is 2.15. The Bertz CT molecular complexity index is 1040. The molecule has 0 N–H and O–H groups in total. The highest BCUT2D eigenvalue weighted by molar-refractivity contribution is 6.10. The zero-order chi connectivity index (χ0) is 15.1. The molecule has 0 unspecified atom stereocenters. The van der Waals surface area contributed by atoms with Gasteiger partial charge in [0.25, 0.3) is 0 Å². The van der Waals surface area contributed by atoms with Crippen LogP contribution in [0.15, 0.2) is 52.9 Å². The van der Waals surface area contributed by atoms with Gasteiger partial charge in [-0.3, -0.25) is 0 Å². The van der Waals surface area contributed by atoms with E-state index in [2.05, 4.69) is 16.0 Å². The Morgan fingerprint density at radius 3 is 2.55 bits per heavy atom. The molecule has 22 heavy (non-hydrogen) atoms. The number of aromatic nitrogens is 2. The van der Waals surface area contributed by atoms with Crippen LogP contribution < -0.4 is 0 Å². The summed E-state index contributed by atoms with van der Waals surface area (Å²) in [7, 11) is 0. The molecule has 0 aliphatic rings. The third-order valence-corrected chi connectivity index (χ3v) is 3.64. The quantitative estimate of drug-likeness (QED) is 0.525. The van der Waals surface area contributed by atoms with Gasteiger partial charge in [-0.1, -0.05) is 30.3 Å². The molecule has 2 aromatic carbocycles. The van der Waals surface area contributed by atoms with Gasteiger partial charge in [0.15, 0.2) is 0 Å². The first-order valence-electron chi connectivity index (χ1n) is 6.92. The second kappa shape index (κ2) is 4.68. The van der Waals surface area contributed by atoms with Crippen molar-refractivity contribution in [1.82, 2.24) is 9.97 Å². The van der Waals surface area contributed by atoms with Gasteiger partial charge < -0.3 is 4.42 Å². The maximum atomic E-state index is 8.93. The second-order valence-corrected chi connectivity index (χ2v) is 5.09. The largest absolute Gasteiger partial charge is 0.438 e. The molecule has 0 atom stereocenters. The van der Waals surface area contributed by atoms with Gasteiger partial charge in [-0.25, -0.2) is 4.98 Å². The summed E-state index contributed by atoms with van der Waals surface area (Å²) < 4.78 is 5.84. The van der Waals surface area contributed by atoms with Gasteiger partial charge in [-0.15, -0.1) is 0 Å².